The number of carboxylic acid groups (broad SMARTS) is 1. The molecule has 1 aliphatic heterocycles. The Labute approximate surface area is 110 Å². The molecule has 1 aromatic heterocycles. The van der Waals surface area contributed by atoms with Crippen LogP contribution in [0.3, 0.4) is 0 Å². The van der Waals surface area contributed by atoms with Gasteiger partial charge < -0.3 is 10.0 Å². The number of anilines is 1. The number of aliphatic carboxylic acids is 1. The van der Waals surface area contributed by atoms with Crippen molar-refractivity contribution in [2.24, 2.45) is 5.92 Å². The molecule has 5 heteroatoms. The van der Waals surface area contributed by atoms with Crippen LogP contribution in [0.1, 0.15) is 12.0 Å². The molecule has 19 heavy (non-hydrogen) atoms. The van der Waals surface area contributed by atoms with Crippen LogP contribution in [0.25, 0.3) is 10.9 Å². The molecule has 1 aliphatic rings. The van der Waals surface area contributed by atoms with Gasteiger partial charge in [-0.1, -0.05) is 12.1 Å². The number of benzene rings is 1. The van der Waals surface area contributed by atoms with Crippen molar-refractivity contribution in [3.05, 3.63) is 30.1 Å². The molecule has 2 aromatic rings. The summed E-state index contributed by atoms with van der Waals surface area (Å²) in [5, 5.41) is 10.1. The average molecular weight is 257 g/mol. The number of rotatable bonds is 2. The number of fused-ring (bicyclic) bond motifs is 1. The van der Waals surface area contributed by atoms with Crippen molar-refractivity contribution in [3.8, 4) is 0 Å². The number of nitrogens with zero attached hydrogens (tertiary/aromatic N) is 3. The van der Waals surface area contributed by atoms with Crippen LogP contribution in [0, 0.1) is 12.8 Å². The Hall–Kier alpha value is -2.17. The molecular formula is C14H15N3O2. The van der Waals surface area contributed by atoms with Crippen molar-refractivity contribution in [1.82, 2.24) is 9.97 Å². The van der Waals surface area contributed by atoms with Crippen LogP contribution in [0.15, 0.2) is 24.5 Å². The second-order valence-electron chi connectivity index (χ2n) is 4.94. The third-order valence-electron chi connectivity index (χ3n) is 3.69. The molecule has 1 atom stereocenters. The lowest BCUT2D eigenvalue weighted by Gasteiger charge is -2.19. The van der Waals surface area contributed by atoms with Crippen molar-refractivity contribution in [2.45, 2.75) is 13.3 Å². The third kappa shape index (κ3) is 2.01. The average Bonchev–Trinajstić information content (AvgIpc) is 2.88. The van der Waals surface area contributed by atoms with Crippen molar-refractivity contribution >= 4 is 22.7 Å². The molecule has 2 heterocycles. The quantitative estimate of drug-likeness (QED) is 0.889. The highest BCUT2D eigenvalue weighted by Gasteiger charge is 2.29. The van der Waals surface area contributed by atoms with E-state index < -0.39 is 5.97 Å². The first-order valence-electron chi connectivity index (χ1n) is 6.35. The standard InChI is InChI=1S/C14H15N3O2/c1-9-3-2-4-11-12(9)13(16-8-15-11)17-6-5-10(7-17)14(18)19/h2-4,8,10H,5-7H2,1H3,(H,18,19). The van der Waals surface area contributed by atoms with Crippen molar-refractivity contribution in [1.29, 1.82) is 0 Å². The predicted molar refractivity (Wildman–Crippen MR) is 72.2 cm³/mol. The Bertz CT molecular complexity index is 636. The van der Waals surface area contributed by atoms with Gasteiger partial charge in [0.05, 0.1) is 11.4 Å². The van der Waals surface area contributed by atoms with Gasteiger partial charge in [0.25, 0.3) is 0 Å². The molecule has 5 nitrogen and oxygen atoms in total. The van der Waals surface area contributed by atoms with E-state index in [0.29, 0.717) is 13.0 Å². The maximum absolute atomic E-state index is 11.0. The van der Waals surface area contributed by atoms with E-state index in [1.165, 1.54) is 0 Å². The highest BCUT2D eigenvalue weighted by Crippen LogP contribution is 2.30. The smallest absolute Gasteiger partial charge is 0.308 e. The summed E-state index contributed by atoms with van der Waals surface area (Å²) < 4.78 is 0. The lowest BCUT2D eigenvalue weighted by molar-refractivity contribution is -0.140. The van der Waals surface area contributed by atoms with Crippen molar-refractivity contribution < 1.29 is 9.90 Å². The van der Waals surface area contributed by atoms with Crippen LogP contribution in [0.4, 0.5) is 5.82 Å². The van der Waals surface area contributed by atoms with E-state index in [9.17, 15) is 4.79 Å². The minimum Gasteiger partial charge on any atom is -0.481 e. The van der Waals surface area contributed by atoms with Gasteiger partial charge in [0.15, 0.2) is 0 Å². The van der Waals surface area contributed by atoms with E-state index in [-0.39, 0.29) is 5.92 Å². The monoisotopic (exact) mass is 257 g/mol. The first-order valence-corrected chi connectivity index (χ1v) is 6.35. The Morgan fingerprint density at radius 1 is 1.42 bits per heavy atom. The summed E-state index contributed by atoms with van der Waals surface area (Å²) in [5.41, 5.74) is 2.02. The minimum atomic E-state index is -0.724. The molecule has 0 aliphatic carbocycles. The van der Waals surface area contributed by atoms with E-state index in [1.54, 1.807) is 6.33 Å². The van der Waals surface area contributed by atoms with Gasteiger partial charge in [0.2, 0.25) is 0 Å². The zero-order chi connectivity index (χ0) is 13.4. The molecule has 0 bridgehead atoms. The Balaban J connectivity index is 2.04. The van der Waals surface area contributed by atoms with Crippen LogP contribution in [-0.4, -0.2) is 34.1 Å². The molecule has 0 spiro atoms. The van der Waals surface area contributed by atoms with Gasteiger partial charge in [0.1, 0.15) is 12.1 Å². The molecule has 3 rings (SSSR count). The van der Waals surface area contributed by atoms with E-state index in [2.05, 4.69) is 14.9 Å². The van der Waals surface area contributed by atoms with Gasteiger partial charge >= 0.3 is 5.97 Å². The van der Waals surface area contributed by atoms with Crippen molar-refractivity contribution in [3.63, 3.8) is 0 Å². The molecule has 98 valence electrons. The number of carbonyl (C=O) groups is 1. The number of aromatic nitrogens is 2. The zero-order valence-corrected chi connectivity index (χ0v) is 10.7. The van der Waals surface area contributed by atoms with Gasteiger partial charge in [-0.2, -0.15) is 0 Å². The summed E-state index contributed by atoms with van der Waals surface area (Å²) in [6.45, 7) is 3.28. The first-order chi connectivity index (χ1) is 9.16. The van der Waals surface area contributed by atoms with Crippen LogP contribution in [0.2, 0.25) is 0 Å². The van der Waals surface area contributed by atoms with Gasteiger partial charge in [-0.05, 0) is 25.0 Å². The summed E-state index contributed by atoms with van der Waals surface area (Å²) in [6.07, 6.45) is 2.22. The first kappa shape index (κ1) is 11.9. The maximum atomic E-state index is 11.0. The second-order valence-corrected chi connectivity index (χ2v) is 4.94. The van der Waals surface area contributed by atoms with Crippen LogP contribution in [0.5, 0.6) is 0 Å². The summed E-state index contributed by atoms with van der Waals surface area (Å²) in [7, 11) is 0. The Kier molecular flexibility index (Phi) is 2.81. The number of hydrogen-bond donors (Lipinski definition) is 1. The summed E-state index contributed by atoms with van der Waals surface area (Å²) >= 11 is 0. The van der Waals surface area contributed by atoms with Gasteiger partial charge in [0, 0.05) is 18.5 Å². The molecule has 1 aromatic carbocycles. The summed E-state index contributed by atoms with van der Waals surface area (Å²) in [6, 6.07) is 5.96. The fraction of sp³-hybridized carbons (Fsp3) is 0.357. The highest BCUT2D eigenvalue weighted by atomic mass is 16.4. The van der Waals surface area contributed by atoms with E-state index in [0.717, 1.165) is 28.8 Å². The normalized spacial score (nSPS) is 19.0. The molecule has 1 fully saturated rings. The number of hydrogen-bond acceptors (Lipinski definition) is 4. The molecule has 0 saturated carbocycles. The highest BCUT2D eigenvalue weighted by molar-refractivity contribution is 5.92. The predicted octanol–water partition coefficient (Wildman–Crippen LogP) is 1.85. The molecule has 0 radical (unpaired) electrons. The maximum Gasteiger partial charge on any atom is 0.308 e. The van der Waals surface area contributed by atoms with Gasteiger partial charge in [-0.15, -0.1) is 0 Å². The fourth-order valence-electron chi connectivity index (χ4n) is 2.66. The second kappa shape index (κ2) is 4.50. The van der Waals surface area contributed by atoms with Crippen LogP contribution in [-0.2, 0) is 4.79 Å². The van der Waals surface area contributed by atoms with Crippen molar-refractivity contribution in [2.75, 3.05) is 18.0 Å². The SMILES string of the molecule is Cc1cccc2ncnc(N3CCC(C(=O)O)C3)c12. The molecular weight excluding hydrogens is 242 g/mol. The van der Waals surface area contributed by atoms with Crippen LogP contribution >= 0.6 is 0 Å². The van der Waals surface area contributed by atoms with E-state index in [1.807, 2.05) is 25.1 Å². The van der Waals surface area contributed by atoms with E-state index >= 15 is 0 Å². The Morgan fingerprint density at radius 3 is 3.00 bits per heavy atom. The lowest BCUT2D eigenvalue weighted by Crippen LogP contribution is -2.23. The molecule has 1 unspecified atom stereocenters. The van der Waals surface area contributed by atoms with Gasteiger partial charge in [-0.25, -0.2) is 9.97 Å². The third-order valence-corrected chi connectivity index (χ3v) is 3.69. The molecule has 1 saturated heterocycles. The number of aryl methyl sites for hydroxylation is 1. The summed E-state index contributed by atoms with van der Waals surface area (Å²) in [5.74, 6) is -0.168. The fourth-order valence-corrected chi connectivity index (χ4v) is 2.66. The largest absolute Gasteiger partial charge is 0.481 e. The Morgan fingerprint density at radius 2 is 2.26 bits per heavy atom. The number of carboxylic acids is 1. The van der Waals surface area contributed by atoms with E-state index in [4.69, 9.17) is 5.11 Å². The van der Waals surface area contributed by atoms with Crippen LogP contribution < -0.4 is 4.90 Å². The molecule has 1 N–H and O–H groups in total. The topological polar surface area (TPSA) is 66.3 Å². The minimum absolute atomic E-state index is 0.297. The van der Waals surface area contributed by atoms with Gasteiger partial charge in [-0.3, -0.25) is 4.79 Å². The summed E-state index contributed by atoms with van der Waals surface area (Å²) in [4.78, 5) is 21.7. The molecule has 0 amide bonds. The zero-order valence-electron chi connectivity index (χ0n) is 10.7. The lowest BCUT2D eigenvalue weighted by atomic mass is 10.1.